The Morgan fingerprint density at radius 3 is 2.47 bits per heavy atom. The first kappa shape index (κ1) is 15.4. The molecule has 3 heteroatoms. The summed E-state index contributed by atoms with van der Waals surface area (Å²) < 4.78 is 10.8. The molecule has 1 unspecified atom stereocenters. The van der Waals surface area contributed by atoms with Gasteiger partial charge >= 0.3 is 0 Å². The topological polar surface area (TPSA) is 18.5 Å². The van der Waals surface area contributed by atoms with Crippen molar-refractivity contribution in [3.8, 4) is 0 Å². The van der Waals surface area contributed by atoms with Crippen molar-refractivity contribution >= 4 is 15.9 Å². The first-order chi connectivity index (χ1) is 7.24. The quantitative estimate of drug-likeness (QED) is 0.569. The van der Waals surface area contributed by atoms with Crippen molar-refractivity contribution < 1.29 is 9.47 Å². The van der Waals surface area contributed by atoms with E-state index in [1.807, 2.05) is 0 Å². The van der Waals surface area contributed by atoms with Crippen LogP contribution in [0, 0.1) is 5.92 Å². The first-order valence-electron chi connectivity index (χ1n) is 5.91. The van der Waals surface area contributed by atoms with E-state index in [1.54, 1.807) is 7.11 Å². The van der Waals surface area contributed by atoms with Gasteiger partial charge in [0, 0.05) is 19.0 Å². The van der Waals surface area contributed by atoms with Gasteiger partial charge in [0.1, 0.15) is 0 Å². The van der Waals surface area contributed by atoms with E-state index >= 15 is 0 Å². The molecule has 0 aliphatic carbocycles. The second-order valence-electron chi connectivity index (χ2n) is 4.04. The van der Waals surface area contributed by atoms with Crippen molar-refractivity contribution in [2.45, 2.75) is 45.6 Å². The molecule has 0 N–H and O–H groups in total. The maximum absolute atomic E-state index is 5.66. The van der Waals surface area contributed by atoms with Crippen molar-refractivity contribution in [3.63, 3.8) is 0 Å². The molecule has 2 nitrogen and oxygen atoms in total. The minimum atomic E-state index is 0.371. The third kappa shape index (κ3) is 9.34. The van der Waals surface area contributed by atoms with Gasteiger partial charge < -0.3 is 9.47 Å². The first-order valence-corrected chi connectivity index (χ1v) is 7.03. The molecule has 0 amide bonds. The Hall–Kier alpha value is 0.400. The molecule has 0 spiro atoms. The average Bonchev–Trinajstić information content (AvgIpc) is 2.23. The van der Waals surface area contributed by atoms with E-state index in [0.717, 1.165) is 37.3 Å². The van der Waals surface area contributed by atoms with Gasteiger partial charge in [-0.2, -0.15) is 0 Å². The van der Waals surface area contributed by atoms with Crippen LogP contribution in [0.3, 0.4) is 0 Å². The highest BCUT2D eigenvalue weighted by atomic mass is 79.9. The number of hydrogen-bond acceptors (Lipinski definition) is 2. The summed E-state index contributed by atoms with van der Waals surface area (Å²) in [6.07, 6.45) is 5.22. The molecule has 0 aliphatic rings. The fourth-order valence-corrected chi connectivity index (χ4v) is 2.04. The van der Waals surface area contributed by atoms with Crippen LogP contribution in [0.25, 0.3) is 0 Å². The van der Waals surface area contributed by atoms with Gasteiger partial charge in [-0.1, -0.05) is 35.7 Å². The van der Waals surface area contributed by atoms with E-state index in [-0.39, 0.29) is 0 Å². The summed E-state index contributed by atoms with van der Waals surface area (Å²) in [7, 11) is 1.77. The van der Waals surface area contributed by atoms with Crippen LogP contribution in [0.5, 0.6) is 0 Å². The lowest BCUT2D eigenvalue weighted by molar-refractivity contribution is 0.0533. The maximum atomic E-state index is 5.66. The van der Waals surface area contributed by atoms with E-state index in [4.69, 9.17) is 9.47 Å². The van der Waals surface area contributed by atoms with Crippen LogP contribution in [-0.2, 0) is 9.47 Å². The Bertz CT molecular complexity index is 131. The van der Waals surface area contributed by atoms with Crippen LogP contribution in [0.4, 0.5) is 0 Å². The molecule has 0 aliphatic heterocycles. The summed E-state index contributed by atoms with van der Waals surface area (Å²) >= 11 is 3.37. The van der Waals surface area contributed by atoms with Gasteiger partial charge in [-0.25, -0.2) is 0 Å². The molecule has 0 heterocycles. The molecule has 92 valence electrons. The van der Waals surface area contributed by atoms with Gasteiger partial charge in [0.2, 0.25) is 0 Å². The Morgan fingerprint density at radius 1 is 1.20 bits per heavy atom. The molecule has 15 heavy (non-hydrogen) atoms. The van der Waals surface area contributed by atoms with Crippen molar-refractivity contribution in [2.24, 2.45) is 5.92 Å². The smallest absolute Gasteiger partial charge is 0.0566 e. The van der Waals surface area contributed by atoms with Gasteiger partial charge in [-0.05, 0) is 25.7 Å². The zero-order chi connectivity index (χ0) is 11.5. The Morgan fingerprint density at radius 2 is 1.93 bits per heavy atom. The summed E-state index contributed by atoms with van der Waals surface area (Å²) in [6, 6.07) is 0. The number of hydrogen-bond donors (Lipinski definition) is 0. The van der Waals surface area contributed by atoms with Crippen LogP contribution in [0.15, 0.2) is 0 Å². The summed E-state index contributed by atoms with van der Waals surface area (Å²) in [5.74, 6) is 0.750. The SMILES string of the molecule is CCC[C@H](CCOC)CC(C)OCCBr. The van der Waals surface area contributed by atoms with Crippen LogP contribution < -0.4 is 0 Å². The fraction of sp³-hybridized carbons (Fsp3) is 1.00. The number of methoxy groups -OCH3 is 1. The summed E-state index contributed by atoms with van der Waals surface area (Å²) in [5.41, 5.74) is 0. The molecule has 0 aromatic heterocycles. The Kier molecular flexibility index (Phi) is 11.2. The van der Waals surface area contributed by atoms with Gasteiger partial charge in [-0.3, -0.25) is 0 Å². The Balaban J connectivity index is 3.70. The normalized spacial score (nSPS) is 15.2. The van der Waals surface area contributed by atoms with Crippen molar-refractivity contribution in [2.75, 3.05) is 25.7 Å². The zero-order valence-electron chi connectivity index (χ0n) is 10.3. The molecule has 0 saturated carbocycles. The van der Waals surface area contributed by atoms with Crippen LogP contribution in [0.2, 0.25) is 0 Å². The standard InChI is InChI=1S/C12H25BrO2/c1-4-5-12(6-8-14-3)10-11(2)15-9-7-13/h11-12H,4-10H2,1-3H3/t11?,12-/m1/s1. The number of halogens is 1. The monoisotopic (exact) mass is 280 g/mol. The van der Waals surface area contributed by atoms with E-state index < -0.39 is 0 Å². The minimum absolute atomic E-state index is 0.371. The van der Waals surface area contributed by atoms with Crippen molar-refractivity contribution in [3.05, 3.63) is 0 Å². The lowest BCUT2D eigenvalue weighted by Crippen LogP contribution is -2.16. The predicted molar refractivity (Wildman–Crippen MR) is 68.7 cm³/mol. The Labute approximate surface area is 103 Å². The highest BCUT2D eigenvalue weighted by Crippen LogP contribution is 2.19. The highest BCUT2D eigenvalue weighted by molar-refractivity contribution is 9.09. The van der Waals surface area contributed by atoms with E-state index in [1.165, 1.54) is 12.8 Å². The van der Waals surface area contributed by atoms with Gasteiger partial charge in [0.05, 0.1) is 12.7 Å². The molecule has 0 rings (SSSR count). The van der Waals surface area contributed by atoms with E-state index in [9.17, 15) is 0 Å². The van der Waals surface area contributed by atoms with Crippen molar-refractivity contribution in [1.82, 2.24) is 0 Å². The molecule has 0 radical (unpaired) electrons. The van der Waals surface area contributed by atoms with E-state index in [2.05, 4.69) is 29.8 Å². The molecule has 2 atom stereocenters. The molecule has 0 fully saturated rings. The molecule has 0 aromatic carbocycles. The second-order valence-corrected chi connectivity index (χ2v) is 4.84. The third-order valence-corrected chi connectivity index (χ3v) is 2.90. The van der Waals surface area contributed by atoms with Crippen LogP contribution >= 0.6 is 15.9 Å². The highest BCUT2D eigenvalue weighted by Gasteiger charge is 2.12. The summed E-state index contributed by atoms with van der Waals surface area (Å²) in [6.45, 7) is 6.09. The van der Waals surface area contributed by atoms with Crippen LogP contribution in [0.1, 0.15) is 39.5 Å². The van der Waals surface area contributed by atoms with Gasteiger partial charge in [0.15, 0.2) is 0 Å². The van der Waals surface area contributed by atoms with Crippen LogP contribution in [-0.4, -0.2) is 31.8 Å². The predicted octanol–water partition coefficient (Wildman–Crippen LogP) is 3.63. The zero-order valence-corrected chi connectivity index (χ0v) is 11.9. The maximum Gasteiger partial charge on any atom is 0.0566 e. The lowest BCUT2D eigenvalue weighted by Gasteiger charge is -2.20. The summed E-state index contributed by atoms with van der Waals surface area (Å²) in [4.78, 5) is 0. The minimum Gasteiger partial charge on any atom is -0.385 e. The largest absolute Gasteiger partial charge is 0.385 e. The van der Waals surface area contributed by atoms with Gasteiger partial charge in [0.25, 0.3) is 0 Å². The summed E-state index contributed by atoms with van der Waals surface area (Å²) in [5, 5.41) is 0.924. The average molecular weight is 281 g/mol. The van der Waals surface area contributed by atoms with Crippen molar-refractivity contribution in [1.29, 1.82) is 0 Å². The molecular weight excluding hydrogens is 256 g/mol. The molecular formula is C12H25BrO2. The lowest BCUT2D eigenvalue weighted by atomic mass is 9.94. The number of alkyl halides is 1. The molecule has 0 saturated heterocycles. The molecule has 0 aromatic rings. The second kappa shape index (κ2) is 10.9. The van der Waals surface area contributed by atoms with E-state index in [0.29, 0.717) is 6.10 Å². The number of rotatable bonds is 10. The number of ether oxygens (including phenoxy) is 2. The fourth-order valence-electron chi connectivity index (χ4n) is 1.86. The molecule has 0 bridgehead atoms. The third-order valence-electron chi connectivity index (χ3n) is 2.57. The van der Waals surface area contributed by atoms with Gasteiger partial charge in [-0.15, -0.1) is 0 Å².